The minimum atomic E-state index is 0. The first-order valence-corrected chi connectivity index (χ1v) is 7.98. The van der Waals surface area contributed by atoms with E-state index < -0.39 is 0 Å². The fraction of sp³-hybridized carbons (Fsp3) is 0.647. The molecule has 2 nitrogen and oxygen atoms in total. The van der Waals surface area contributed by atoms with Crippen molar-refractivity contribution in [1.29, 1.82) is 0 Å². The van der Waals surface area contributed by atoms with Gasteiger partial charge in [0.1, 0.15) is 5.75 Å². The molecule has 120 valence electrons. The summed E-state index contributed by atoms with van der Waals surface area (Å²) in [5.74, 6) is 2.14. The molecule has 1 unspecified atom stereocenters. The quantitative estimate of drug-likeness (QED) is 0.806. The van der Waals surface area contributed by atoms with Crippen LogP contribution in [0.2, 0.25) is 5.02 Å². The fourth-order valence-electron chi connectivity index (χ4n) is 2.67. The van der Waals surface area contributed by atoms with E-state index in [1.807, 2.05) is 13.0 Å². The topological polar surface area (TPSA) is 35.2 Å². The Balaban J connectivity index is 0.00000220. The van der Waals surface area contributed by atoms with Gasteiger partial charge in [-0.2, -0.15) is 0 Å². The van der Waals surface area contributed by atoms with E-state index in [0.717, 1.165) is 35.3 Å². The van der Waals surface area contributed by atoms with E-state index in [1.54, 1.807) is 0 Å². The zero-order valence-corrected chi connectivity index (χ0v) is 15.0. The number of hydrogen-bond donors (Lipinski definition) is 1. The molecule has 21 heavy (non-hydrogen) atoms. The Morgan fingerprint density at radius 2 is 1.95 bits per heavy atom. The predicted molar refractivity (Wildman–Crippen MR) is 93.1 cm³/mol. The lowest BCUT2D eigenvalue weighted by atomic mass is 9.91. The maximum absolute atomic E-state index is 6.46. The average molecular weight is 332 g/mol. The van der Waals surface area contributed by atoms with Gasteiger partial charge in [-0.25, -0.2) is 0 Å². The lowest BCUT2D eigenvalue weighted by Gasteiger charge is -2.22. The Kier molecular flexibility index (Phi) is 6.83. The highest BCUT2D eigenvalue weighted by atomic mass is 35.5. The van der Waals surface area contributed by atoms with Gasteiger partial charge in [0.2, 0.25) is 0 Å². The van der Waals surface area contributed by atoms with Crippen molar-refractivity contribution in [1.82, 2.24) is 0 Å². The Morgan fingerprint density at radius 1 is 1.33 bits per heavy atom. The summed E-state index contributed by atoms with van der Waals surface area (Å²) in [6.45, 7) is 9.28. The highest BCUT2D eigenvalue weighted by Gasteiger charge is 2.25. The van der Waals surface area contributed by atoms with Gasteiger partial charge in [-0.3, -0.25) is 0 Å². The summed E-state index contributed by atoms with van der Waals surface area (Å²) in [6.07, 6.45) is 3.41. The van der Waals surface area contributed by atoms with Crippen molar-refractivity contribution >= 4 is 24.0 Å². The number of aryl methyl sites for hydroxylation is 1. The lowest BCUT2D eigenvalue weighted by Crippen LogP contribution is -2.20. The van der Waals surface area contributed by atoms with E-state index in [2.05, 4.69) is 20.8 Å². The van der Waals surface area contributed by atoms with Crippen molar-refractivity contribution in [3.8, 4) is 5.75 Å². The average Bonchev–Trinajstić information content (AvgIpc) is 3.10. The van der Waals surface area contributed by atoms with Crippen molar-refractivity contribution in [3.05, 3.63) is 27.8 Å². The number of halogens is 2. The smallest absolute Gasteiger partial charge is 0.125 e. The zero-order valence-electron chi connectivity index (χ0n) is 13.4. The Hall–Kier alpha value is -0.440. The van der Waals surface area contributed by atoms with Crippen molar-refractivity contribution in [2.75, 3.05) is 6.61 Å². The minimum Gasteiger partial charge on any atom is -0.493 e. The largest absolute Gasteiger partial charge is 0.493 e. The molecule has 4 heteroatoms. The summed E-state index contributed by atoms with van der Waals surface area (Å²) in [5, 5.41) is 0.840. The second-order valence-electron chi connectivity index (χ2n) is 6.49. The van der Waals surface area contributed by atoms with Crippen LogP contribution in [0.5, 0.6) is 5.75 Å². The van der Waals surface area contributed by atoms with Gasteiger partial charge in [-0.05, 0) is 62.1 Å². The Morgan fingerprint density at radius 3 is 2.43 bits per heavy atom. The third kappa shape index (κ3) is 4.77. The van der Waals surface area contributed by atoms with E-state index in [-0.39, 0.29) is 18.4 Å². The van der Waals surface area contributed by atoms with Crippen LogP contribution < -0.4 is 10.5 Å². The number of ether oxygens (including phenoxy) is 1. The molecule has 2 N–H and O–H groups in total. The molecule has 1 aromatic rings. The summed E-state index contributed by atoms with van der Waals surface area (Å²) in [7, 11) is 0. The number of hydrogen-bond acceptors (Lipinski definition) is 2. The van der Waals surface area contributed by atoms with Crippen LogP contribution in [0.15, 0.2) is 6.07 Å². The van der Waals surface area contributed by atoms with Gasteiger partial charge in [0.25, 0.3) is 0 Å². The van der Waals surface area contributed by atoms with Crippen LogP contribution in [0.25, 0.3) is 0 Å². The number of rotatable bonds is 6. The van der Waals surface area contributed by atoms with Crippen LogP contribution in [0.1, 0.15) is 56.2 Å². The van der Waals surface area contributed by atoms with Crippen LogP contribution >= 0.6 is 24.0 Å². The second kappa shape index (κ2) is 7.71. The fourth-order valence-corrected chi connectivity index (χ4v) is 3.17. The Labute approximate surface area is 139 Å². The standard InChI is InChI=1S/C17H26ClNO.ClH/c1-10(2)16-14(8-12(4)19)17(11(3)7-15(16)18)20-9-13-5-6-13;/h7,10,12-13H,5-6,8-9,19H2,1-4H3;1H. The van der Waals surface area contributed by atoms with Gasteiger partial charge in [-0.15, -0.1) is 12.4 Å². The van der Waals surface area contributed by atoms with Crippen LogP contribution in [0.3, 0.4) is 0 Å². The van der Waals surface area contributed by atoms with Crippen LogP contribution in [-0.4, -0.2) is 12.6 Å². The van der Waals surface area contributed by atoms with E-state index in [4.69, 9.17) is 22.1 Å². The zero-order chi connectivity index (χ0) is 14.9. The molecule has 0 aliphatic heterocycles. The van der Waals surface area contributed by atoms with E-state index >= 15 is 0 Å². The number of benzene rings is 1. The third-order valence-corrected chi connectivity index (χ3v) is 4.13. The SMILES string of the molecule is Cc1cc(Cl)c(C(C)C)c(CC(C)N)c1OCC1CC1.Cl. The summed E-state index contributed by atoms with van der Waals surface area (Å²) in [5.41, 5.74) is 9.56. The highest BCUT2D eigenvalue weighted by Crippen LogP contribution is 2.39. The maximum atomic E-state index is 6.46. The van der Waals surface area contributed by atoms with Gasteiger partial charge in [0.05, 0.1) is 6.61 Å². The number of nitrogens with two attached hydrogens (primary N) is 1. The molecule has 1 aromatic carbocycles. The molecule has 0 bridgehead atoms. The summed E-state index contributed by atoms with van der Waals surface area (Å²) < 4.78 is 6.12. The predicted octanol–water partition coefficient (Wildman–Crippen LogP) is 4.87. The molecule has 1 aliphatic rings. The van der Waals surface area contributed by atoms with Gasteiger partial charge < -0.3 is 10.5 Å². The molecule has 0 spiro atoms. The maximum Gasteiger partial charge on any atom is 0.125 e. The van der Waals surface area contributed by atoms with Crippen LogP contribution in [-0.2, 0) is 6.42 Å². The van der Waals surface area contributed by atoms with Crippen molar-refractivity contribution in [2.45, 2.75) is 58.9 Å². The highest BCUT2D eigenvalue weighted by molar-refractivity contribution is 6.31. The van der Waals surface area contributed by atoms with Crippen LogP contribution in [0, 0.1) is 12.8 Å². The van der Waals surface area contributed by atoms with Crippen molar-refractivity contribution < 1.29 is 4.74 Å². The third-order valence-electron chi connectivity index (χ3n) is 3.82. The van der Waals surface area contributed by atoms with Crippen molar-refractivity contribution in [3.63, 3.8) is 0 Å². The summed E-state index contributed by atoms with van der Waals surface area (Å²) in [4.78, 5) is 0. The molecule has 2 rings (SSSR count). The van der Waals surface area contributed by atoms with Gasteiger partial charge in [-0.1, -0.05) is 25.4 Å². The molecule has 0 aromatic heterocycles. The van der Waals surface area contributed by atoms with Crippen molar-refractivity contribution in [2.24, 2.45) is 11.7 Å². The first-order chi connectivity index (χ1) is 9.40. The molecular weight excluding hydrogens is 305 g/mol. The molecule has 1 aliphatic carbocycles. The summed E-state index contributed by atoms with van der Waals surface area (Å²) in [6, 6.07) is 2.14. The van der Waals surface area contributed by atoms with Gasteiger partial charge in [0, 0.05) is 16.6 Å². The first-order valence-electron chi connectivity index (χ1n) is 7.60. The van der Waals surface area contributed by atoms with E-state index in [0.29, 0.717) is 5.92 Å². The molecule has 1 fully saturated rings. The molecule has 0 saturated heterocycles. The molecule has 0 heterocycles. The van der Waals surface area contributed by atoms with E-state index in [1.165, 1.54) is 24.0 Å². The molecular formula is C17H27Cl2NO. The second-order valence-corrected chi connectivity index (χ2v) is 6.89. The first kappa shape index (κ1) is 18.6. The molecule has 0 radical (unpaired) electrons. The summed E-state index contributed by atoms with van der Waals surface area (Å²) >= 11 is 6.46. The lowest BCUT2D eigenvalue weighted by molar-refractivity contribution is 0.294. The minimum absolute atomic E-state index is 0. The molecule has 0 amide bonds. The van der Waals surface area contributed by atoms with Gasteiger partial charge in [0.15, 0.2) is 0 Å². The monoisotopic (exact) mass is 331 g/mol. The van der Waals surface area contributed by atoms with Gasteiger partial charge >= 0.3 is 0 Å². The normalized spacial score (nSPS) is 15.8. The van der Waals surface area contributed by atoms with Crippen LogP contribution in [0.4, 0.5) is 0 Å². The molecule has 1 saturated carbocycles. The molecule has 1 atom stereocenters. The van der Waals surface area contributed by atoms with E-state index in [9.17, 15) is 0 Å². The Bertz CT molecular complexity index is 482.